The predicted octanol–water partition coefficient (Wildman–Crippen LogP) is 2.68. The molecule has 0 amide bonds. The van der Waals surface area contributed by atoms with Gasteiger partial charge >= 0.3 is 15.6 Å². The minimum absolute atomic E-state index is 0.0756. The third kappa shape index (κ3) is 3.62. The molecule has 0 saturated heterocycles. The second-order valence-corrected chi connectivity index (χ2v) is 5.92. The van der Waals surface area contributed by atoms with Crippen molar-refractivity contribution < 1.29 is 25.8 Å². The summed E-state index contributed by atoms with van der Waals surface area (Å²) in [7, 11) is -5.41. The average Bonchev–Trinajstić information content (AvgIpc) is 2.15. The lowest BCUT2D eigenvalue weighted by atomic mass is 9.83. The third-order valence-electron chi connectivity index (χ3n) is 2.88. The second-order valence-electron chi connectivity index (χ2n) is 4.31. The topological polar surface area (TPSA) is 43.4 Å². The molecule has 0 aromatic rings. The summed E-state index contributed by atoms with van der Waals surface area (Å²) in [6, 6.07) is 0. The van der Waals surface area contributed by atoms with Crippen LogP contribution in [0.15, 0.2) is 0 Å². The van der Waals surface area contributed by atoms with E-state index in [0.717, 1.165) is 25.7 Å². The lowest BCUT2D eigenvalue weighted by molar-refractivity contribution is -0.0554. The molecule has 0 bridgehead atoms. The van der Waals surface area contributed by atoms with Gasteiger partial charge in [0.1, 0.15) is 0 Å². The summed E-state index contributed by atoms with van der Waals surface area (Å²) in [6.07, 6.45) is 3.29. The van der Waals surface area contributed by atoms with Crippen LogP contribution in [-0.2, 0) is 14.3 Å². The van der Waals surface area contributed by atoms with Crippen LogP contribution in [0, 0.1) is 11.8 Å². The van der Waals surface area contributed by atoms with Crippen molar-refractivity contribution in [3.8, 4) is 0 Å². The van der Waals surface area contributed by atoms with E-state index in [-0.39, 0.29) is 12.5 Å². The van der Waals surface area contributed by atoms with E-state index in [1.54, 1.807) is 0 Å². The van der Waals surface area contributed by atoms with Gasteiger partial charge in [0.15, 0.2) is 0 Å². The molecule has 0 spiro atoms. The molecule has 0 aliphatic heterocycles. The van der Waals surface area contributed by atoms with Crippen molar-refractivity contribution in [2.45, 2.75) is 38.1 Å². The Morgan fingerprint density at radius 3 is 2.12 bits per heavy atom. The highest BCUT2D eigenvalue weighted by atomic mass is 32.2. The van der Waals surface area contributed by atoms with Crippen LogP contribution in [-0.4, -0.2) is 20.5 Å². The molecule has 0 aromatic carbocycles. The molecule has 0 aromatic heterocycles. The highest BCUT2D eigenvalue weighted by Crippen LogP contribution is 2.30. The summed E-state index contributed by atoms with van der Waals surface area (Å²) in [6.45, 7) is 1.72. The number of hydrogen-bond acceptors (Lipinski definition) is 3. The Morgan fingerprint density at radius 1 is 1.19 bits per heavy atom. The van der Waals surface area contributed by atoms with E-state index in [2.05, 4.69) is 11.1 Å². The summed E-state index contributed by atoms with van der Waals surface area (Å²) in [4.78, 5) is 0. The first-order chi connectivity index (χ1) is 7.22. The number of rotatable bonds is 3. The van der Waals surface area contributed by atoms with E-state index in [0.29, 0.717) is 5.92 Å². The van der Waals surface area contributed by atoms with Crippen LogP contribution in [0.4, 0.5) is 13.2 Å². The zero-order chi connectivity index (χ0) is 12.4. The molecule has 1 fully saturated rings. The predicted molar refractivity (Wildman–Crippen MR) is 52.0 cm³/mol. The van der Waals surface area contributed by atoms with Crippen molar-refractivity contribution in [3.63, 3.8) is 0 Å². The summed E-state index contributed by atoms with van der Waals surface area (Å²) in [5, 5.41) is 0. The molecule has 1 saturated carbocycles. The van der Waals surface area contributed by atoms with Gasteiger partial charge in [-0.15, -0.1) is 0 Å². The van der Waals surface area contributed by atoms with Gasteiger partial charge in [-0.3, -0.25) is 4.18 Å². The zero-order valence-electron chi connectivity index (χ0n) is 8.96. The Morgan fingerprint density at radius 2 is 1.69 bits per heavy atom. The number of hydrogen-bond donors (Lipinski definition) is 0. The molecule has 1 rings (SSSR count). The maximum absolute atomic E-state index is 11.9. The van der Waals surface area contributed by atoms with E-state index < -0.39 is 15.6 Å². The van der Waals surface area contributed by atoms with Gasteiger partial charge in [0.25, 0.3) is 0 Å². The van der Waals surface area contributed by atoms with Crippen molar-refractivity contribution in [2.75, 3.05) is 6.61 Å². The van der Waals surface area contributed by atoms with Gasteiger partial charge in [-0.25, -0.2) is 0 Å². The SMILES string of the molecule is CC1CCC(COS(=O)(=O)C(F)(F)F)CC1. The van der Waals surface area contributed by atoms with Crippen molar-refractivity contribution in [1.29, 1.82) is 0 Å². The molecule has 7 heteroatoms. The lowest BCUT2D eigenvalue weighted by Gasteiger charge is -2.25. The summed E-state index contributed by atoms with van der Waals surface area (Å²) >= 11 is 0. The first kappa shape index (κ1) is 13.8. The molecule has 16 heavy (non-hydrogen) atoms. The van der Waals surface area contributed by atoms with Crippen molar-refractivity contribution in [2.24, 2.45) is 11.8 Å². The van der Waals surface area contributed by atoms with E-state index >= 15 is 0 Å². The van der Waals surface area contributed by atoms with Crippen LogP contribution in [0.3, 0.4) is 0 Å². The Kier molecular flexibility index (Phi) is 4.23. The molecule has 0 radical (unpaired) electrons. The maximum Gasteiger partial charge on any atom is 0.523 e. The van der Waals surface area contributed by atoms with Gasteiger partial charge in [0.2, 0.25) is 0 Å². The molecule has 3 nitrogen and oxygen atoms in total. The van der Waals surface area contributed by atoms with E-state index in [9.17, 15) is 21.6 Å². The number of alkyl halides is 3. The Hall–Kier alpha value is -0.300. The quantitative estimate of drug-likeness (QED) is 0.579. The zero-order valence-corrected chi connectivity index (χ0v) is 9.77. The molecule has 0 heterocycles. The third-order valence-corrected chi connectivity index (χ3v) is 3.89. The normalized spacial score (nSPS) is 28.0. The molecule has 0 atom stereocenters. The van der Waals surface area contributed by atoms with Gasteiger partial charge < -0.3 is 0 Å². The van der Waals surface area contributed by atoms with Crippen molar-refractivity contribution in [1.82, 2.24) is 0 Å². The van der Waals surface area contributed by atoms with Crippen LogP contribution in [0.1, 0.15) is 32.6 Å². The summed E-state index contributed by atoms with van der Waals surface area (Å²) < 4.78 is 61.0. The smallest absolute Gasteiger partial charge is 0.263 e. The highest BCUT2D eigenvalue weighted by molar-refractivity contribution is 7.87. The second kappa shape index (κ2) is 4.91. The highest BCUT2D eigenvalue weighted by Gasteiger charge is 2.47. The average molecular weight is 260 g/mol. The molecule has 0 N–H and O–H groups in total. The fourth-order valence-corrected chi connectivity index (χ4v) is 2.25. The van der Waals surface area contributed by atoms with Gasteiger partial charge in [-0.1, -0.05) is 19.8 Å². The van der Waals surface area contributed by atoms with Gasteiger partial charge in [-0.2, -0.15) is 21.6 Å². The van der Waals surface area contributed by atoms with Crippen LogP contribution in [0.5, 0.6) is 0 Å². The first-order valence-corrected chi connectivity index (χ1v) is 6.59. The van der Waals surface area contributed by atoms with Gasteiger partial charge in [0.05, 0.1) is 6.61 Å². The lowest BCUT2D eigenvalue weighted by Crippen LogP contribution is -2.28. The van der Waals surface area contributed by atoms with Crippen molar-refractivity contribution in [3.05, 3.63) is 0 Å². The van der Waals surface area contributed by atoms with Gasteiger partial charge in [-0.05, 0) is 24.7 Å². The molecule has 96 valence electrons. The van der Waals surface area contributed by atoms with Gasteiger partial charge in [0, 0.05) is 0 Å². The standard InChI is InChI=1S/C9H15F3O3S/c1-7-2-4-8(5-3-7)6-15-16(13,14)9(10,11)12/h7-8H,2-6H2,1H3. The minimum atomic E-state index is -5.41. The van der Waals surface area contributed by atoms with Crippen LogP contribution in [0.25, 0.3) is 0 Å². The molecular formula is C9H15F3O3S. The van der Waals surface area contributed by atoms with Crippen LogP contribution in [0.2, 0.25) is 0 Å². The van der Waals surface area contributed by atoms with Crippen LogP contribution >= 0.6 is 0 Å². The molecular weight excluding hydrogens is 245 g/mol. The maximum atomic E-state index is 11.9. The van der Waals surface area contributed by atoms with E-state index in [1.807, 2.05) is 0 Å². The summed E-state index contributed by atoms with van der Waals surface area (Å²) in [5.74, 6) is 0.490. The minimum Gasteiger partial charge on any atom is -0.263 e. The molecule has 0 unspecified atom stereocenters. The largest absolute Gasteiger partial charge is 0.523 e. The Balaban J connectivity index is 2.41. The van der Waals surface area contributed by atoms with Crippen molar-refractivity contribution >= 4 is 10.1 Å². The van der Waals surface area contributed by atoms with E-state index in [4.69, 9.17) is 0 Å². The first-order valence-electron chi connectivity index (χ1n) is 5.18. The fraction of sp³-hybridized carbons (Fsp3) is 1.00. The molecule has 1 aliphatic rings. The summed E-state index contributed by atoms with van der Waals surface area (Å²) in [5.41, 5.74) is -5.31. The van der Waals surface area contributed by atoms with Crippen LogP contribution < -0.4 is 0 Å². The fourth-order valence-electron chi connectivity index (χ4n) is 1.75. The molecule has 1 aliphatic carbocycles. The Labute approximate surface area is 93.1 Å². The Bertz CT molecular complexity index is 315. The number of halogens is 3. The van der Waals surface area contributed by atoms with E-state index in [1.165, 1.54) is 0 Å². The monoisotopic (exact) mass is 260 g/mol.